The van der Waals surface area contributed by atoms with Gasteiger partial charge < -0.3 is 10.0 Å². The maximum Gasteiger partial charge on any atom is 0.0471 e. The third-order valence-corrected chi connectivity index (χ3v) is 4.06. The Hall–Kier alpha value is -0.900. The van der Waals surface area contributed by atoms with Gasteiger partial charge in [-0.15, -0.1) is 0 Å². The van der Waals surface area contributed by atoms with Gasteiger partial charge in [0.15, 0.2) is 0 Å². The normalized spacial score (nSPS) is 20.3. The zero-order valence-corrected chi connectivity index (χ0v) is 12.0. The van der Waals surface area contributed by atoms with Crippen LogP contribution >= 0.6 is 0 Å². The predicted octanol–water partition coefficient (Wildman–Crippen LogP) is 1.82. The molecule has 1 atom stereocenters. The second-order valence-electron chi connectivity index (χ2n) is 5.49. The van der Waals surface area contributed by atoms with E-state index in [1.807, 2.05) is 0 Å². The molecule has 1 aliphatic heterocycles. The molecule has 0 bridgehead atoms. The number of aliphatic hydroxyl groups is 1. The van der Waals surface area contributed by atoms with Crippen molar-refractivity contribution in [3.05, 3.63) is 35.9 Å². The highest BCUT2D eigenvalue weighted by Crippen LogP contribution is 2.15. The largest absolute Gasteiger partial charge is 0.396 e. The van der Waals surface area contributed by atoms with Gasteiger partial charge in [-0.05, 0) is 31.0 Å². The quantitative estimate of drug-likeness (QED) is 0.812. The molecule has 0 saturated carbocycles. The highest BCUT2D eigenvalue weighted by Gasteiger charge is 2.21. The summed E-state index contributed by atoms with van der Waals surface area (Å²) in [5, 5.41) is 9.17. The van der Waals surface area contributed by atoms with Crippen molar-refractivity contribution in [3.63, 3.8) is 0 Å². The van der Waals surface area contributed by atoms with Crippen LogP contribution in [0.5, 0.6) is 0 Å². The maximum absolute atomic E-state index is 9.17. The zero-order valence-electron chi connectivity index (χ0n) is 12.0. The summed E-state index contributed by atoms with van der Waals surface area (Å²) >= 11 is 0. The van der Waals surface area contributed by atoms with E-state index in [-0.39, 0.29) is 0 Å². The van der Waals surface area contributed by atoms with Crippen LogP contribution in [0, 0.1) is 5.92 Å². The molecule has 3 nitrogen and oxygen atoms in total. The minimum absolute atomic E-state index is 0.345. The number of rotatable bonds is 7. The van der Waals surface area contributed by atoms with Crippen molar-refractivity contribution in [3.8, 4) is 0 Å². The topological polar surface area (TPSA) is 26.7 Å². The van der Waals surface area contributed by atoms with Crippen molar-refractivity contribution in [2.75, 3.05) is 39.3 Å². The molecule has 106 valence electrons. The molecular weight excluding hydrogens is 236 g/mol. The molecule has 1 aromatic carbocycles. The summed E-state index contributed by atoms with van der Waals surface area (Å²) in [6.07, 6.45) is 1.15. The molecule has 0 amide bonds. The summed E-state index contributed by atoms with van der Waals surface area (Å²) in [6.45, 7) is 9.15. The summed E-state index contributed by atoms with van der Waals surface area (Å²) in [6, 6.07) is 10.7. The van der Waals surface area contributed by atoms with Crippen molar-refractivity contribution < 1.29 is 5.11 Å². The molecule has 1 unspecified atom stereocenters. The molecule has 3 heteroatoms. The smallest absolute Gasteiger partial charge is 0.0471 e. The number of hydrogen-bond acceptors (Lipinski definition) is 3. The minimum Gasteiger partial charge on any atom is -0.396 e. The fourth-order valence-electron chi connectivity index (χ4n) is 2.74. The number of likely N-dealkylation sites (N-methyl/N-ethyl adjacent to an activating group) is 1. The Kier molecular flexibility index (Phi) is 5.83. The molecule has 0 aliphatic carbocycles. The van der Waals surface area contributed by atoms with Gasteiger partial charge in [0.2, 0.25) is 0 Å². The van der Waals surface area contributed by atoms with Crippen molar-refractivity contribution in [2.45, 2.75) is 19.9 Å². The molecule has 1 fully saturated rings. The molecule has 0 radical (unpaired) electrons. The summed E-state index contributed by atoms with van der Waals surface area (Å²) in [7, 11) is 0. The van der Waals surface area contributed by atoms with Gasteiger partial charge in [-0.3, -0.25) is 4.90 Å². The first-order valence-electron chi connectivity index (χ1n) is 7.41. The SMILES string of the molecule is CCN(CCN1CCC(CO)C1)Cc1ccccc1. The van der Waals surface area contributed by atoms with Gasteiger partial charge in [0.1, 0.15) is 0 Å². The third kappa shape index (κ3) is 4.60. The Morgan fingerprint density at radius 2 is 2.11 bits per heavy atom. The lowest BCUT2D eigenvalue weighted by atomic mass is 10.1. The number of nitrogens with zero attached hydrogens (tertiary/aromatic N) is 2. The molecule has 1 aliphatic rings. The standard InChI is InChI=1S/C16H26N2O/c1-2-17(12-15-6-4-3-5-7-15)10-11-18-9-8-16(13-18)14-19/h3-7,16,19H,2,8-14H2,1H3. The minimum atomic E-state index is 0.345. The van der Waals surface area contributed by atoms with Gasteiger partial charge in [-0.1, -0.05) is 37.3 Å². The van der Waals surface area contributed by atoms with Gasteiger partial charge in [-0.25, -0.2) is 0 Å². The van der Waals surface area contributed by atoms with Gasteiger partial charge in [-0.2, -0.15) is 0 Å². The number of hydrogen-bond donors (Lipinski definition) is 1. The Morgan fingerprint density at radius 3 is 2.74 bits per heavy atom. The lowest BCUT2D eigenvalue weighted by Gasteiger charge is -2.24. The Labute approximate surface area is 116 Å². The fourth-order valence-corrected chi connectivity index (χ4v) is 2.74. The Bertz CT molecular complexity index is 355. The van der Waals surface area contributed by atoms with Crippen LogP contribution in [0.3, 0.4) is 0 Å². The molecular formula is C16H26N2O. The molecule has 0 aromatic heterocycles. The van der Waals surface area contributed by atoms with E-state index < -0.39 is 0 Å². The second-order valence-corrected chi connectivity index (χ2v) is 5.49. The first-order chi connectivity index (χ1) is 9.31. The van der Waals surface area contributed by atoms with Gasteiger partial charge in [0.25, 0.3) is 0 Å². The summed E-state index contributed by atoms with van der Waals surface area (Å²) in [4.78, 5) is 4.97. The number of likely N-dealkylation sites (tertiary alicyclic amines) is 1. The molecule has 1 heterocycles. The van der Waals surface area contributed by atoms with Crippen LogP contribution in [0.25, 0.3) is 0 Å². The van der Waals surface area contributed by atoms with Crippen LogP contribution in [0.2, 0.25) is 0 Å². The van der Waals surface area contributed by atoms with Gasteiger partial charge >= 0.3 is 0 Å². The second kappa shape index (κ2) is 7.63. The van der Waals surface area contributed by atoms with Gasteiger partial charge in [0.05, 0.1) is 0 Å². The van der Waals surface area contributed by atoms with Crippen LogP contribution in [0.1, 0.15) is 18.9 Å². The zero-order chi connectivity index (χ0) is 13.5. The van der Waals surface area contributed by atoms with Crippen LogP contribution in [0.15, 0.2) is 30.3 Å². The average molecular weight is 262 g/mol. The molecule has 2 rings (SSSR count). The van der Waals surface area contributed by atoms with Crippen molar-refractivity contribution in [1.82, 2.24) is 9.80 Å². The summed E-state index contributed by atoms with van der Waals surface area (Å²) < 4.78 is 0. The number of benzene rings is 1. The van der Waals surface area contributed by atoms with Crippen molar-refractivity contribution in [2.24, 2.45) is 5.92 Å². The van der Waals surface area contributed by atoms with Crippen LogP contribution in [-0.4, -0.2) is 54.2 Å². The summed E-state index contributed by atoms with van der Waals surface area (Å²) in [5.74, 6) is 0.504. The highest BCUT2D eigenvalue weighted by atomic mass is 16.3. The third-order valence-electron chi connectivity index (χ3n) is 4.06. The molecule has 0 spiro atoms. The van der Waals surface area contributed by atoms with E-state index >= 15 is 0 Å². The van der Waals surface area contributed by atoms with E-state index in [0.717, 1.165) is 45.7 Å². The molecule has 19 heavy (non-hydrogen) atoms. The monoisotopic (exact) mass is 262 g/mol. The van der Waals surface area contributed by atoms with E-state index in [2.05, 4.69) is 47.1 Å². The van der Waals surface area contributed by atoms with E-state index in [9.17, 15) is 0 Å². The fraction of sp³-hybridized carbons (Fsp3) is 0.625. The van der Waals surface area contributed by atoms with E-state index in [1.165, 1.54) is 5.56 Å². The first-order valence-corrected chi connectivity index (χ1v) is 7.41. The Balaban J connectivity index is 1.74. The lowest BCUT2D eigenvalue weighted by molar-refractivity contribution is 0.202. The van der Waals surface area contributed by atoms with E-state index in [4.69, 9.17) is 5.11 Å². The molecule has 1 saturated heterocycles. The van der Waals surface area contributed by atoms with Crippen molar-refractivity contribution >= 4 is 0 Å². The lowest BCUT2D eigenvalue weighted by Crippen LogP contribution is -2.34. The molecule has 1 N–H and O–H groups in total. The van der Waals surface area contributed by atoms with Crippen molar-refractivity contribution in [1.29, 1.82) is 0 Å². The predicted molar refractivity (Wildman–Crippen MR) is 79.0 cm³/mol. The number of aliphatic hydroxyl groups excluding tert-OH is 1. The highest BCUT2D eigenvalue weighted by molar-refractivity contribution is 5.14. The molecule has 1 aromatic rings. The van der Waals surface area contributed by atoms with E-state index in [0.29, 0.717) is 12.5 Å². The first kappa shape index (κ1) is 14.5. The average Bonchev–Trinajstić information content (AvgIpc) is 2.92. The van der Waals surface area contributed by atoms with Crippen LogP contribution in [-0.2, 0) is 6.54 Å². The summed E-state index contributed by atoms with van der Waals surface area (Å²) in [5.41, 5.74) is 1.39. The van der Waals surface area contributed by atoms with Gasteiger partial charge in [0, 0.05) is 32.8 Å². The maximum atomic E-state index is 9.17. The van der Waals surface area contributed by atoms with E-state index in [1.54, 1.807) is 0 Å². The Morgan fingerprint density at radius 1 is 1.32 bits per heavy atom. The van der Waals surface area contributed by atoms with Crippen LogP contribution < -0.4 is 0 Å². The van der Waals surface area contributed by atoms with Crippen LogP contribution in [0.4, 0.5) is 0 Å².